The highest BCUT2D eigenvalue weighted by atomic mass is 32.2. The van der Waals surface area contributed by atoms with Crippen molar-refractivity contribution in [3.63, 3.8) is 0 Å². The Labute approximate surface area is 100 Å². The molecule has 0 aliphatic rings. The molecule has 16 heavy (non-hydrogen) atoms. The Morgan fingerprint density at radius 1 is 1.50 bits per heavy atom. The Morgan fingerprint density at radius 2 is 2.19 bits per heavy atom. The lowest BCUT2D eigenvalue weighted by Crippen LogP contribution is -2.28. The number of phenols is 1. The number of carbonyl (C=O) groups excluding carboxylic acids is 1. The lowest BCUT2D eigenvalue weighted by molar-refractivity contribution is 0.0803. The largest absolute Gasteiger partial charge is 0.508 e. The van der Waals surface area contributed by atoms with Gasteiger partial charge in [0.1, 0.15) is 5.75 Å². The third-order valence-corrected chi connectivity index (χ3v) is 3.02. The quantitative estimate of drug-likeness (QED) is 0.875. The predicted octanol–water partition coefficient (Wildman–Crippen LogP) is 2.14. The van der Waals surface area contributed by atoms with Crippen LogP contribution >= 0.6 is 11.8 Å². The molecule has 1 aromatic carbocycles. The first-order chi connectivity index (χ1) is 7.56. The molecule has 4 heteroatoms. The maximum atomic E-state index is 11.9. The standard InChI is InChI=1S/C12H17NO2S/c1-9-4-5-10(8-11(9)14)12(15)13(2)6-7-16-3/h4-5,8,14H,6-7H2,1-3H3. The van der Waals surface area contributed by atoms with Gasteiger partial charge in [-0.2, -0.15) is 11.8 Å². The van der Waals surface area contributed by atoms with Gasteiger partial charge in [0, 0.05) is 24.9 Å². The lowest BCUT2D eigenvalue weighted by atomic mass is 10.1. The maximum absolute atomic E-state index is 11.9. The summed E-state index contributed by atoms with van der Waals surface area (Å²) in [6.07, 6.45) is 2.01. The van der Waals surface area contributed by atoms with Crippen molar-refractivity contribution in [2.24, 2.45) is 0 Å². The molecule has 0 fully saturated rings. The van der Waals surface area contributed by atoms with Crippen LogP contribution in [-0.2, 0) is 0 Å². The number of rotatable bonds is 4. The normalized spacial score (nSPS) is 10.2. The maximum Gasteiger partial charge on any atom is 0.253 e. The highest BCUT2D eigenvalue weighted by molar-refractivity contribution is 7.98. The number of hydrogen-bond donors (Lipinski definition) is 1. The van der Waals surface area contributed by atoms with E-state index < -0.39 is 0 Å². The topological polar surface area (TPSA) is 40.5 Å². The monoisotopic (exact) mass is 239 g/mol. The Balaban J connectivity index is 2.76. The van der Waals surface area contributed by atoms with Gasteiger partial charge in [-0.15, -0.1) is 0 Å². The SMILES string of the molecule is CSCCN(C)C(=O)c1ccc(C)c(O)c1. The fourth-order valence-corrected chi connectivity index (χ4v) is 1.75. The molecule has 1 amide bonds. The second-order valence-corrected chi connectivity index (χ2v) is 4.71. The average Bonchev–Trinajstić information content (AvgIpc) is 2.28. The minimum Gasteiger partial charge on any atom is -0.508 e. The van der Waals surface area contributed by atoms with Gasteiger partial charge in [0.2, 0.25) is 0 Å². The Bertz CT molecular complexity index is 379. The highest BCUT2D eigenvalue weighted by Crippen LogP contribution is 2.18. The summed E-state index contributed by atoms with van der Waals surface area (Å²) in [5, 5.41) is 9.53. The molecular formula is C12H17NO2S. The first-order valence-electron chi connectivity index (χ1n) is 5.10. The Hall–Kier alpha value is -1.16. The third kappa shape index (κ3) is 3.17. The Morgan fingerprint density at radius 3 is 2.75 bits per heavy atom. The highest BCUT2D eigenvalue weighted by Gasteiger charge is 2.12. The van der Waals surface area contributed by atoms with E-state index >= 15 is 0 Å². The Kier molecular flexibility index (Phi) is 4.68. The molecule has 0 bridgehead atoms. The molecule has 0 aliphatic heterocycles. The molecule has 88 valence electrons. The second kappa shape index (κ2) is 5.80. The number of hydrogen-bond acceptors (Lipinski definition) is 3. The zero-order valence-corrected chi connectivity index (χ0v) is 10.7. The number of phenolic OH excluding ortho intramolecular Hbond substituents is 1. The molecule has 0 aliphatic carbocycles. The lowest BCUT2D eigenvalue weighted by Gasteiger charge is -2.16. The van der Waals surface area contributed by atoms with E-state index in [1.807, 2.05) is 6.26 Å². The van der Waals surface area contributed by atoms with Gasteiger partial charge in [0.25, 0.3) is 5.91 Å². The van der Waals surface area contributed by atoms with Crippen LogP contribution < -0.4 is 0 Å². The molecule has 0 aromatic heterocycles. The van der Waals surface area contributed by atoms with Crippen molar-refractivity contribution in [3.8, 4) is 5.75 Å². The van der Waals surface area contributed by atoms with Crippen molar-refractivity contribution in [1.29, 1.82) is 0 Å². The van der Waals surface area contributed by atoms with E-state index in [0.29, 0.717) is 12.1 Å². The molecule has 0 spiro atoms. The van der Waals surface area contributed by atoms with Gasteiger partial charge >= 0.3 is 0 Å². The van der Waals surface area contributed by atoms with Gasteiger partial charge in [-0.05, 0) is 30.9 Å². The molecule has 0 saturated heterocycles. The number of aromatic hydroxyl groups is 1. The van der Waals surface area contributed by atoms with E-state index in [1.54, 1.807) is 42.8 Å². The fourth-order valence-electron chi connectivity index (χ4n) is 1.29. The van der Waals surface area contributed by atoms with Gasteiger partial charge in [0.15, 0.2) is 0 Å². The van der Waals surface area contributed by atoms with E-state index in [2.05, 4.69) is 0 Å². The number of thioether (sulfide) groups is 1. The summed E-state index contributed by atoms with van der Waals surface area (Å²) in [5.41, 5.74) is 1.31. The van der Waals surface area contributed by atoms with Gasteiger partial charge in [-0.3, -0.25) is 4.79 Å². The van der Waals surface area contributed by atoms with Crippen molar-refractivity contribution in [3.05, 3.63) is 29.3 Å². The molecule has 3 nitrogen and oxygen atoms in total. The summed E-state index contributed by atoms with van der Waals surface area (Å²) in [5.74, 6) is 1.04. The first-order valence-corrected chi connectivity index (χ1v) is 6.49. The van der Waals surface area contributed by atoms with E-state index in [9.17, 15) is 9.90 Å². The van der Waals surface area contributed by atoms with E-state index in [0.717, 1.165) is 11.3 Å². The molecule has 0 unspecified atom stereocenters. The van der Waals surface area contributed by atoms with Crippen LogP contribution in [0.2, 0.25) is 0 Å². The number of amides is 1. The van der Waals surface area contributed by atoms with Crippen molar-refractivity contribution >= 4 is 17.7 Å². The average molecular weight is 239 g/mol. The van der Waals surface area contributed by atoms with Crippen LogP contribution in [0.5, 0.6) is 5.75 Å². The summed E-state index contributed by atoms with van der Waals surface area (Å²) < 4.78 is 0. The smallest absolute Gasteiger partial charge is 0.253 e. The van der Waals surface area contributed by atoms with Crippen molar-refractivity contribution in [1.82, 2.24) is 4.90 Å². The minimum atomic E-state index is -0.0515. The first kappa shape index (κ1) is 12.9. The van der Waals surface area contributed by atoms with E-state index in [4.69, 9.17) is 0 Å². The van der Waals surface area contributed by atoms with Crippen LogP contribution in [0.4, 0.5) is 0 Å². The minimum absolute atomic E-state index is 0.0515. The fraction of sp³-hybridized carbons (Fsp3) is 0.417. The molecule has 0 radical (unpaired) electrons. The van der Waals surface area contributed by atoms with Crippen molar-refractivity contribution < 1.29 is 9.90 Å². The van der Waals surface area contributed by atoms with Crippen LogP contribution in [0.1, 0.15) is 15.9 Å². The molecule has 0 saturated carbocycles. The second-order valence-electron chi connectivity index (χ2n) is 3.72. The number of carbonyl (C=O) groups is 1. The number of nitrogens with zero attached hydrogens (tertiary/aromatic N) is 1. The predicted molar refractivity (Wildman–Crippen MR) is 68.2 cm³/mol. The van der Waals surface area contributed by atoms with Gasteiger partial charge in [-0.1, -0.05) is 6.07 Å². The van der Waals surface area contributed by atoms with Crippen LogP contribution in [0.25, 0.3) is 0 Å². The molecule has 0 heterocycles. The summed E-state index contributed by atoms with van der Waals surface area (Å²) in [4.78, 5) is 13.6. The molecule has 1 aromatic rings. The van der Waals surface area contributed by atoms with E-state index in [-0.39, 0.29) is 11.7 Å². The molecule has 0 atom stereocenters. The van der Waals surface area contributed by atoms with Crippen LogP contribution in [0.3, 0.4) is 0 Å². The number of aryl methyl sites for hydroxylation is 1. The van der Waals surface area contributed by atoms with Crippen molar-refractivity contribution in [2.75, 3.05) is 25.6 Å². The van der Waals surface area contributed by atoms with Gasteiger partial charge in [0.05, 0.1) is 0 Å². The van der Waals surface area contributed by atoms with Crippen LogP contribution in [0.15, 0.2) is 18.2 Å². The molecule has 1 rings (SSSR count). The zero-order valence-electron chi connectivity index (χ0n) is 9.86. The van der Waals surface area contributed by atoms with E-state index in [1.165, 1.54) is 6.07 Å². The molecular weight excluding hydrogens is 222 g/mol. The van der Waals surface area contributed by atoms with Gasteiger partial charge in [-0.25, -0.2) is 0 Å². The zero-order chi connectivity index (χ0) is 12.1. The summed E-state index contributed by atoms with van der Waals surface area (Å²) in [6.45, 7) is 2.52. The van der Waals surface area contributed by atoms with Gasteiger partial charge < -0.3 is 10.0 Å². The number of benzene rings is 1. The third-order valence-electron chi connectivity index (χ3n) is 2.43. The summed E-state index contributed by atoms with van der Waals surface area (Å²) >= 11 is 1.70. The van der Waals surface area contributed by atoms with Crippen LogP contribution in [0, 0.1) is 6.92 Å². The van der Waals surface area contributed by atoms with Crippen LogP contribution in [-0.4, -0.2) is 41.5 Å². The summed E-state index contributed by atoms with van der Waals surface area (Å²) in [6, 6.07) is 5.02. The summed E-state index contributed by atoms with van der Waals surface area (Å²) in [7, 11) is 1.77. The molecule has 1 N–H and O–H groups in total. The van der Waals surface area contributed by atoms with Crippen molar-refractivity contribution in [2.45, 2.75) is 6.92 Å².